The Labute approximate surface area is 178 Å². The average molecular weight is 419 g/mol. The third-order valence-corrected chi connectivity index (χ3v) is 6.13. The van der Waals surface area contributed by atoms with Gasteiger partial charge in [0.1, 0.15) is 0 Å². The van der Waals surface area contributed by atoms with Gasteiger partial charge >= 0.3 is 5.69 Å². The SMILES string of the molecule is O=c1ccn(-c2cnn3ccc(CC4CCN(CCc5cnc[nH]5)CC4)cc23)c(=O)[nH]1. The maximum absolute atomic E-state index is 12.2. The molecule has 4 aromatic heterocycles. The molecule has 5 heterocycles. The van der Waals surface area contributed by atoms with Crippen LogP contribution < -0.4 is 11.2 Å². The summed E-state index contributed by atoms with van der Waals surface area (Å²) in [6.45, 7) is 3.30. The number of hydrogen-bond donors (Lipinski definition) is 2. The number of piperidine rings is 1. The van der Waals surface area contributed by atoms with Gasteiger partial charge in [0.25, 0.3) is 5.56 Å². The van der Waals surface area contributed by atoms with Crippen LogP contribution in [0.4, 0.5) is 0 Å². The minimum absolute atomic E-state index is 0.408. The molecule has 0 unspecified atom stereocenters. The number of nitrogens with zero attached hydrogens (tertiary/aromatic N) is 5. The number of imidazole rings is 1. The first-order chi connectivity index (χ1) is 15.2. The van der Waals surface area contributed by atoms with Crippen LogP contribution in [-0.2, 0) is 12.8 Å². The van der Waals surface area contributed by atoms with Gasteiger partial charge < -0.3 is 9.88 Å². The van der Waals surface area contributed by atoms with Gasteiger partial charge in [-0.3, -0.25) is 14.3 Å². The first-order valence-electron chi connectivity index (χ1n) is 10.6. The van der Waals surface area contributed by atoms with E-state index < -0.39 is 11.2 Å². The van der Waals surface area contributed by atoms with E-state index in [9.17, 15) is 9.59 Å². The van der Waals surface area contributed by atoms with Gasteiger partial charge in [-0.15, -0.1) is 0 Å². The summed E-state index contributed by atoms with van der Waals surface area (Å²) in [5.74, 6) is 0.646. The van der Waals surface area contributed by atoms with E-state index in [0.29, 0.717) is 11.6 Å². The normalized spacial score (nSPS) is 15.6. The molecular formula is C22H25N7O2. The molecule has 1 aliphatic heterocycles. The molecule has 160 valence electrons. The van der Waals surface area contributed by atoms with Gasteiger partial charge in [0.05, 0.1) is 23.7 Å². The lowest BCUT2D eigenvalue weighted by atomic mass is 9.90. The number of aromatic nitrogens is 6. The first kappa shape index (κ1) is 19.5. The predicted molar refractivity (Wildman–Crippen MR) is 117 cm³/mol. The minimum atomic E-state index is -0.463. The molecule has 0 spiro atoms. The number of hydrogen-bond acceptors (Lipinski definition) is 5. The molecule has 1 saturated heterocycles. The van der Waals surface area contributed by atoms with E-state index in [1.165, 1.54) is 40.9 Å². The molecule has 0 aromatic carbocycles. The average Bonchev–Trinajstić information content (AvgIpc) is 3.43. The summed E-state index contributed by atoms with van der Waals surface area (Å²) in [6, 6.07) is 5.55. The van der Waals surface area contributed by atoms with Gasteiger partial charge in [-0.25, -0.2) is 14.3 Å². The number of aromatic amines is 2. The quantitative estimate of drug-likeness (QED) is 0.492. The summed E-state index contributed by atoms with van der Waals surface area (Å²) in [6.07, 6.45) is 13.1. The number of likely N-dealkylation sites (tertiary alicyclic amines) is 1. The van der Waals surface area contributed by atoms with Crippen molar-refractivity contribution in [3.05, 3.63) is 81.4 Å². The smallest absolute Gasteiger partial charge is 0.333 e. The molecular weight excluding hydrogens is 394 g/mol. The number of nitrogens with one attached hydrogen (secondary N) is 2. The van der Waals surface area contributed by atoms with Crippen molar-refractivity contribution in [1.29, 1.82) is 0 Å². The van der Waals surface area contributed by atoms with E-state index in [4.69, 9.17) is 0 Å². The Hall–Kier alpha value is -3.46. The van der Waals surface area contributed by atoms with Gasteiger partial charge in [0.2, 0.25) is 0 Å². The molecule has 1 aliphatic rings. The highest BCUT2D eigenvalue weighted by Crippen LogP contribution is 2.23. The Kier molecular flexibility index (Phi) is 5.25. The lowest BCUT2D eigenvalue weighted by Gasteiger charge is -2.32. The molecule has 4 aromatic rings. The summed E-state index contributed by atoms with van der Waals surface area (Å²) in [7, 11) is 0. The fourth-order valence-corrected chi connectivity index (χ4v) is 4.38. The van der Waals surface area contributed by atoms with Crippen LogP contribution in [0, 0.1) is 5.92 Å². The van der Waals surface area contributed by atoms with E-state index in [1.54, 1.807) is 17.0 Å². The lowest BCUT2D eigenvalue weighted by molar-refractivity contribution is 0.185. The second-order valence-electron chi connectivity index (χ2n) is 8.19. The molecule has 2 N–H and O–H groups in total. The predicted octanol–water partition coefficient (Wildman–Crippen LogP) is 1.39. The Morgan fingerprint density at radius 1 is 1.10 bits per heavy atom. The molecule has 0 atom stereocenters. The fraction of sp³-hybridized carbons (Fsp3) is 0.364. The van der Waals surface area contributed by atoms with Gasteiger partial charge in [0, 0.05) is 43.3 Å². The van der Waals surface area contributed by atoms with Crippen LogP contribution in [0.5, 0.6) is 0 Å². The number of rotatable bonds is 6. The minimum Gasteiger partial charge on any atom is -0.348 e. The summed E-state index contributed by atoms with van der Waals surface area (Å²) in [5, 5.41) is 4.35. The Bertz CT molecular complexity index is 1280. The van der Waals surface area contributed by atoms with Crippen molar-refractivity contribution in [2.45, 2.75) is 25.7 Å². The van der Waals surface area contributed by atoms with E-state index >= 15 is 0 Å². The Balaban J connectivity index is 1.26. The molecule has 9 heteroatoms. The van der Waals surface area contributed by atoms with Crippen LogP contribution >= 0.6 is 0 Å². The highest BCUT2D eigenvalue weighted by molar-refractivity contribution is 5.64. The van der Waals surface area contributed by atoms with E-state index in [0.717, 1.165) is 38.0 Å². The van der Waals surface area contributed by atoms with Crippen LogP contribution in [-0.4, -0.2) is 53.7 Å². The molecule has 0 amide bonds. The molecule has 1 fully saturated rings. The Morgan fingerprint density at radius 3 is 2.74 bits per heavy atom. The van der Waals surface area contributed by atoms with E-state index in [1.807, 2.05) is 12.4 Å². The molecule has 9 nitrogen and oxygen atoms in total. The maximum Gasteiger partial charge on any atom is 0.333 e. The maximum atomic E-state index is 12.2. The van der Waals surface area contributed by atoms with Crippen molar-refractivity contribution >= 4 is 5.52 Å². The Morgan fingerprint density at radius 2 is 1.97 bits per heavy atom. The second kappa shape index (κ2) is 8.35. The number of fused-ring (bicyclic) bond motifs is 1. The molecule has 31 heavy (non-hydrogen) atoms. The van der Waals surface area contributed by atoms with Crippen molar-refractivity contribution in [3.8, 4) is 5.69 Å². The summed E-state index contributed by atoms with van der Waals surface area (Å²) in [5.41, 5.74) is 3.07. The van der Waals surface area contributed by atoms with Crippen molar-refractivity contribution in [1.82, 2.24) is 34.0 Å². The van der Waals surface area contributed by atoms with E-state index in [2.05, 4.69) is 37.1 Å². The molecule has 0 radical (unpaired) electrons. The van der Waals surface area contributed by atoms with Crippen LogP contribution in [0.2, 0.25) is 0 Å². The highest BCUT2D eigenvalue weighted by atomic mass is 16.2. The largest absolute Gasteiger partial charge is 0.348 e. The summed E-state index contributed by atoms with van der Waals surface area (Å²) < 4.78 is 3.18. The van der Waals surface area contributed by atoms with Crippen molar-refractivity contribution < 1.29 is 0 Å². The van der Waals surface area contributed by atoms with E-state index in [-0.39, 0.29) is 0 Å². The second-order valence-corrected chi connectivity index (χ2v) is 8.19. The topological polar surface area (TPSA) is 104 Å². The van der Waals surface area contributed by atoms with Crippen molar-refractivity contribution in [2.24, 2.45) is 5.92 Å². The van der Waals surface area contributed by atoms with Gasteiger partial charge in [-0.2, -0.15) is 5.10 Å². The first-order valence-corrected chi connectivity index (χ1v) is 10.6. The van der Waals surface area contributed by atoms with Crippen LogP contribution in [0.15, 0.2) is 58.9 Å². The molecule has 0 bridgehead atoms. The van der Waals surface area contributed by atoms with Crippen molar-refractivity contribution in [2.75, 3.05) is 19.6 Å². The highest BCUT2D eigenvalue weighted by Gasteiger charge is 2.20. The molecule has 0 saturated carbocycles. The third kappa shape index (κ3) is 4.22. The zero-order valence-electron chi connectivity index (χ0n) is 17.2. The van der Waals surface area contributed by atoms with Gasteiger partial charge in [0.15, 0.2) is 0 Å². The number of pyridine rings is 1. The zero-order valence-corrected chi connectivity index (χ0v) is 17.2. The van der Waals surface area contributed by atoms with Crippen molar-refractivity contribution in [3.63, 3.8) is 0 Å². The lowest BCUT2D eigenvalue weighted by Crippen LogP contribution is -2.35. The fourth-order valence-electron chi connectivity index (χ4n) is 4.38. The monoisotopic (exact) mass is 419 g/mol. The summed E-state index contributed by atoms with van der Waals surface area (Å²) in [4.78, 5) is 35.7. The molecule has 5 rings (SSSR count). The standard InChI is InChI=1S/C22H25N7O2/c30-21-5-9-28(22(31)26-21)20-14-25-29-10-3-17(12-19(20)29)11-16-1-6-27(7-2-16)8-4-18-13-23-15-24-18/h3,5,9-10,12-16H,1-2,4,6-8,11H2,(H,23,24)(H,26,30,31). The van der Waals surface area contributed by atoms with Crippen LogP contribution in [0.1, 0.15) is 24.1 Å². The van der Waals surface area contributed by atoms with Gasteiger partial charge in [-0.1, -0.05) is 0 Å². The van der Waals surface area contributed by atoms with Gasteiger partial charge in [-0.05, 0) is 56.0 Å². The van der Waals surface area contributed by atoms with Crippen LogP contribution in [0.25, 0.3) is 11.2 Å². The summed E-state index contributed by atoms with van der Waals surface area (Å²) >= 11 is 0. The van der Waals surface area contributed by atoms with Crippen LogP contribution in [0.3, 0.4) is 0 Å². The molecule has 0 aliphatic carbocycles. The number of H-pyrrole nitrogens is 2. The third-order valence-electron chi connectivity index (χ3n) is 6.13. The zero-order chi connectivity index (χ0) is 21.2.